The van der Waals surface area contributed by atoms with Crippen molar-refractivity contribution < 1.29 is 13.7 Å². The minimum absolute atomic E-state index is 0.138. The first-order valence-corrected chi connectivity index (χ1v) is 8.02. The topological polar surface area (TPSA) is 81.2 Å². The zero-order chi connectivity index (χ0) is 17.3. The molecule has 0 spiro atoms. The molecule has 0 saturated carbocycles. The van der Waals surface area contributed by atoms with Gasteiger partial charge in [0, 0.05) is 24.3 Å². The summed E-state index contributed by atoms with van der Waals surface area (Å²) in [4.78, 5) is 15.8. The van der Waals surface area contributed by atoms with E-state index < -0.39 is 5.54 Å². The highest BCUT2D eigenvalue weighted by atomic mass is 16.5. The van der Waals surface area contributed by atoms with Gasteiger partial charge in [-0.1, -0.05) is 30.3 Å². The normalized spacial score (nSPS) is 11.8. The van der Waals surface area contributed by atoms with E-state index in [1.807, 2.05) is 38.1 Å². The number of carbonyl (C=O) groups excluding carboxylic acids is 1. The summed E-state index contributed by atoms with van der Waals surface area (Å²) in [5.41, 5.74) is 1.25. The molecule has 0 radical (unpaired) electrons. The van der Waals surface area contributed by atoms with Crippen molar-refractivity contribution in [1.29, 1.82) is 0 Å². The van der Waals surface area contributed by atoms with Crippen molar-refractivity contribution in [3.63, 3.8) is 0 Å². The molecule has 0 atom stereocenters. The Bertz CT molecular complexity index is 877. The van der Waals surface area contributed by atoms with E-state index in [1.54, 1.807) is 0 Å². The van der Waals surface area contributed by atoms with Crippen molar-refractivity contribution in [2.24, 2.45) is 0 Å². The van der Waals surface area contributed by atoms with E-state index in [0.29, 0.717) is 18.1 Å². The average Bonchev–Trinajstić information content (AvgIpc) is 3.12. The number of fused-ring (bicyclic) bond motifs is 1. The lowest BCUT2D eigenvalue weighted by Crippen LogP contribution is -2.40. The molecule has 2 heterocycles. The van der Waals surface area contributed by atoms with Gasteiger partial charge in [0.15, 0.2) is 5.82 Å². The number of aromatic nitrogens is 2. The number of benzene rings is 1. The Morgan fingerprint density at radius 2 is 2.04 bits per heavy atom. The third-order valence-corrected chi connectivity index (χ3v) is 3.95. The standard InChI is InChI=1S/C18H21N3O3/c1-5-14-13(12-8-6-7-9-15(12)23-14)10-16-19-17(21-24-16)18(3,4)20-11(2)22/h6-9H,5,10H2,1-4H3,(H,20,22). The average molecular weight is 327 g/mol. The molecule has 0 aliphatic rings. The van der Waals surface area contributed by atoms with Crippen molar-refractivity contribution >= 4 is 16.9 Å². The molecule has 2 aromatic heterocycles. The quantitative estimate of drug-likeness (QED) is 0.777. The highest BCUT2D eigenvalue weighted by molar-refractivity contribution is 5.82. The van der Waals surface area contributed by atoms with Crippen LogP contribution in [0.2, 0.25) is 0 Å². The lowest BCUT2D eigenvalue weighted by atomic mass is 10.0. The fraction of sp³-hybridized carbons (Fsp3) is 0.389. The van der Waals surface area contributed by atoms with Gasteiger partial charge in [-0.2, -0.15) is 4.98 Å². The predicted molar refractivity (Wildman–Crippen MR) is 89.5 cm³/mol. The molecule has 6 heteroatoms. The van der Waals surface area contributed by atoms with Gasteiger partial charge in [0.2, 0.25) is 11.8 Å². The molecule has 0 saturated heterocycles. The molecule has 126 valence electrons. The fourth-order valence-electron chi connectivity index (χ4n) is 2.86. The summed E-state index contributed by atoms with van der Waals surface area (Å²) in [5.74, 6) is 1.75. The highest BCUT2D eigenvalue weighted by Gasteiger charge is 2.28. The number of nitrogens with zero attached hydrogens (tertiary/aromatic N) is 2. The summed E-state index contributed by atoms with van der Waals surface area (Å²) in [6, 6.07) is 7.93. The third kappa shape index (κ3) is 3.04. The molecule has 24 heavy (non-hydrogen) atoms. The van der Waals surface area contributed by atoms with Crippen LogP contribution in [0.5, 0.6) is 0 Å². The molecule has 0 aliphatic heterocycles. The van der Waals surface area contributed by atoms with Crippen LogP contribution in [-0.4, -0.2) is 16.0 Å². The van der Waals surface area contributed by atoms with Crippen molar-refractivity contribution in [2.45, 2.75) is 46.1 Å². The Hall–Kier alpha value is -2.63. The Morgan fingerprint density at radius 3 is 2.75 bits per heavy atom. The largest absolute Gasteiger partial charge is 0.461 e. The molecule has 6 nitrogen and oxygen atoms in total. The summed E-state index contributed by atoms with van der Waals surface area (Å²) in [7, 11) is 0. The lowest BCUT2D eigenvalue weighted by molar-refractivity contribution is -0.120. The maximum absolute atomic E-state index is 11.3. The number of amides is 1. The van der Waals surface area contributed by atoms with Crippen molar-refractivity contribution in [1.82, 2.24) is 15.5 Å². The second-order valence-electron chi connectivity index (χ2n) is 6.35. The van der Waals surface area contributed by atoms with Crippen LogP contribution in [-0.2, 0) is 23.2 Å². The molecule has 1 aromatic carbocycles. The molecule has 3 aromatic rings. The third-order valence-electron chi connectivity index (χ3n) is 3.95. The van der Waals surface area contributed by atoms with Crippen LogP contribution in [0.3, 0.4) is 0 Å². The van der Waals surface area contributed by atoms with Gasteiger partial charge in [-0.3, -0.25) is 4.79 Å². The van der Waals surface area contributed by atoms with Crippen molar-refractivity contribution in [2.75, 3.05) is 0 Å². The van der Waals surface area contributed by atoms with Gasteiger partial charge in [-0.05, 0) is 19.9 Å². The zero-order valence-corrected chi connectivity index (χ0v) is 14.3. The molecular weight excluding hydrogens is 306 g/mol. The van der Waals surface area contributed by atoms with E-state index >= 15 is 0 Å². The Balaban J connectivity index is 1.92. The summed E-state index contributed by atoms with van der Waals surface area (Å²) in [6.07, 6.45) is 1.30. The van der Waals surface area contributed by atoms with E-state index in [1.165, 1.54) is 6.92 Å². The minimum Gasteiger partial charge on any atom is -0.461 e. The van der Waals surface area contributed by atoms with Crippen LogP contribution in [0, 0.1) is 0 Å². The highest BCUT2D eigenvalue weighted by Crippen LogP contribution is 2.28. The van der Waals surface area contributed by atoms with E-state index in [0.717, 1.165) is 28.7 Å². The lowest BCUT2D eigenvalue weighted by Gasteiger charge is -2.20. The molecule has 0 fully saturated rings. The number of nitrogens with one attached hydrogen (secondary N) is 1. The van der Waals surface area contributed by atoms with Crippen LogP contribution in [0.25, 0.3) is 11.0 Å². The van der Waals surface area contributed by atoms with Gasteiger partial charge in [-0.15, -0.1) is 0 Å². The van der Waals surface area contributed by atoms with Crippen LogP contribution < -0.4 is 5.32 Å². The number of para-hydroxylation sites is 1. The molecule has 0 aliphatic carbocycles. The minimum atomic E-state index is -0.681. The van der Waals surface area contributed by atoms with Crippen molar-refractivity contribution in [3.8, 4) is 0 Å². The van der Waals surface area contributed by atoms with E-state index in [-0.39, 0.29) is 5.91 Å². The summed E-state index contributed by atoms with van der Waals surface area (Å²) < 4.78 is 11.3. The summed E-state index contributed by atoms with van der Waals surface area (Å²) in [6.45, 7) is 7.20. The number of hydrogen-bond acceptors (Lipinski definition) is 5. The molecule has 1 amide bonds. The first-order chi connectivity index (χ1) is 11.4. The van der Waals surface area contributed by atoms with E-state index in [4.69, 9.17) is 8.94 Å². The molecule has 3 rings (SSSR count). The number of aryl methyl sites for hydroxylation is 1. The molecule has 1 N–H and O–H groups in total. The molecular formula is C18H21N3O3. The molecule has 0 unspecified atom stereocenters. The van der Waals surface area contributed by atoms with Gasteiger partial charge in [-0.25, -0.2) is 0 Å². The number of furan rings is 1. The molecule has 0 bridgehead atoms. The van der Waals surface area contributed by atoms with Crippen LogP contribution >= 0.6 is 0 Å². The number of rotatable bonds is 5. The SMILES string of the molecule is CCc1oc2ccccc2c1Cc1nc(C(C)(C)NC(C)=O)no1. The van der Waals surface area contributed by atoms with Crippen LogP contribution in [0.4, 0.5) is 0 Å². The Kier molecular flexibility index (Phi) is 4.13. The van der Waals surface area contributed by atoms with Crippen LogP contribution in [0.1, 0.15) is 50.7 Å². The fourth-order valence-corrected chi connectivity index (χ4v) is 2.86. The predicted octanol–water partition coefficient (Wildman–Crippen LogP) is 3.34. The Morgan fingerprint density at radius 1 is 1.29 bits per heavy atom. The van der Waals surface area contributed by atoms with Gasteiger partial charge < -0.3 is 14.3 Å². The van der Waals surface area contributed by atoms with Gasteiger partial charge in [0.05, 0.1) is 12.0 Å². The first-order valence-electron chi connectivity index (χ1n) is 8.02. The maximum Gasteiger partial charge on any atom is 0.231 e. The Labute approximate surface area is 140 Å². The van der Waals surface area contributed by atoms with E-state index in [9.17, 15) is 4.79 Å². The second-order valence-corrected chi connectivity index (χ2v) is 6.35. The van der Waals surface area contributed by atoms with Gasteiger partial charge in [0.25, 0.3) is 0 Å². The van der Waals surface area contributed by atoms with Crippen molar-refractivity contribution in [3.05, 3.63) is 47.3 Å². The summed E-state index contributed by atoms with van der Waals surface area (Å²) >= 11 is 0. The second kappa shape index (κ2) is 6.11. The van der Waals surface area contributed by atoms with Gasteiger partial charge >= 0.3 is 0 Å². The monoisotopic (exact) mass is 327 g/mol. The first kappa shape index (κ1) is 16.2. The summed E-state index contributed by atoms with van der Waals surface area (Å²) in [5, 5.41) is 7.91. The number of hydrogen-bond donors (Lipinski definition) is 1. The maximum atomic E-state index is 11.3. The number of carbonyl (C=O) groups is 1. The van der Waals surface area contributed by atoms with Gasteiger partial charge in [0.1, 0.15) is 11.3 Å². The van der Waals surface area contributed by atoms with Crippen LogP contribution in [0.15, 0.2) is 33.2 Å². The smallest absolute Gasteiger partial charge is 0.231 e. The van der Waals surface area contributed by atoms with E-state index in [2.05, 4.69) is 22.4 Å². The zero-order valence-electron chi connectivity index (χ0n) is 14.3.